The second kappa shape index (κ2) is 12.7. The minimum absolute atomic E-state index is 0.228. The standard InChI is InChI=1S/C29H30ClN3O5/c30-24-3-1-2-23(17-24)20-6-4-19(5-7-20)16-25(18-26(34)29(37)38)32-27(35)28(36)33-14-10-22(11-15-33)21-8-12-31-13-9-21/h1-9,12-13,17,22,25-26,34H,10-11,14-16,18H2,(H,32,35)(H,37,38). The molecule has 2 amide bonds. The number of hydrogen-bond acceptors (Lipinski definition) is 5. The van der Waals surface area contributed by atoms with Gasteiger partial charge in [0.15, 0.2) is 6.10 Å². The van der Waals surface area contributed by atoms with Crippen molar-refractivity contribution < 1.29 is 24.6 Å². The maximum Gasteiger partial charge on any atom is 0.332 e. The maximum atomic E-state index is 12.9. The Morgan fingerprint density at radius 1 is 1.00 bits per heavy atom. The number of nitrogens with zero attached hydrogens (tertiary/aromatic N) is 2. The Bertz CT molecular complexity index is 1260. The van der Waals surface area contributed by atoms with Crippen molar-refractivity contribution in [3.05, 3.63) is 89.2 Å². The topological polar surface area (TPSA) is 120 Å². The number of benzene rings is 2. The summed E-state index contributed by atoms with van der Waals surface area (Å²) in [6, 6.07) is 18.2. The Morgan fingerprint density at radius 3 is 2.32 bits per heavy atom. The normalized spacial score (nSPS) is 15.5. The van der Waals surface area contributed by atoms with Crippen LogP contribution in [0.25, 0.3) is 11.1 Å². The number of pyridine rings is 1. The number of halogens is 1. The number of aliphatic hydroxyl groups excluding tert-OH is 1. The number of carboxylic acid groups (broad SMARTS) is 1. The lowest BCUT2D eigenvalue weighted by Crippen LogP contribution is -2.50. The van der Waals surface area contributed by atoms with Crippen molar-refractivity contribution >= 4 is 29.4 Å². The van der Waals surface area contributed by atoms with Gasteiger partial charge in [0.1, 0.15) is 0 Å². The van der Waals surface area contributed by atoms with Crippen molar-refractivity contribution in [1.82, 2.24) is 15.2 Å². The summed E-state index contributed by atoms with van der Waals surface area (Å²) in [5.74, 6) is -2.53. The highest BCUT2D eigenvalue weighted by atomic mass is 35.5. The van der Waals surface area contributed by atoms with E-state index < -0.39 is 29.9 Å². The first kappa shape index (κ1) is 27.3. The van der Waals surface area contributed by atoms with Crippen LogP contribution in [0.3, 0.4) is 0 Å². The van der Waals surface area contributed by atoms with Crippen molar-refractivity contribution in [2.24, 2.45) is 0 Å². The molecule has 0 spiro atoms. The van der Waals surface area contributed by atoms with E-state index in [0.29, 0.717) is 24.0 Å². The van der Waals surface area contributed by atoms with E-state index in [-0.39, 0.29) is 12.8 Å². The Labute approximate surface area is 226 Å². The molecule has 1 aromatic heterocycles. The molecule has 1 fully saturated rings. The number of amides is 2. The van der Waals surface area contributed by atoms with Crippen molar-refractivity contribution in [1.29, 1.82) is 0 Å². The molecule has 4 rings (SSSR count). The molecule has 38 heavy (non-hydrogen) atoms. The first-order valence-corrected chi connectivity index (χ1v) is 12.9. The SMILES string of the molecule is O=C(NC(Cc1ccc(-c2cccc(Cl)c2)cc1)CC(O)C(=O)O)C(=O)N1CCC(c2ccncc2)CC1. The zero-order valence-electron chi connectivity index (χ0n) is 20.8. The number of carboxylic acids is 1. The van der Waals surface area contributed by atoms with E-state index in [4.69, 9.17) is 11.6 Å². The van der Waals surface area contributed by atoms with Gasteiger partial charge in [-0.25, -0.2) is 4.79 Å². The Kier molecular flexibility index (Phi) is 9.10. The molecule has 0 radical (unpaired) electrons. The molecular formula is C29H30ClN3O5. The van der Waals surface area contributed by atoms with E-state index in [1.165, 1.54) is 10.5 Å². The third-order valence-electron chi connectivity index (χ3n) is 6.88. The van der Waals surface area contributed by atoms with E-state index >= 15 is 0 Å². The summed E-state index contributed by atoms with van der Waals surface area (Å²) < 4.78 is 0. The average Bonchev–Trinajstić information content (AvgIpc) is 2.93. The van der Waals surface area contributed by atoms with Gasteiger partial charge in [0, 0.05) is 43.0 Å². The Balaban J connectivity index is 1.39. The van der Waals surface area contributed by atoms with E-state index in [0.717, 1.165) is 29.5 Å². The van der Waals surface area contributed by atoms with Crippen LogP contribution >= 0.6 is 11.6 Å². The summed E-state index contributed by atoms with van der Waals surface area (Å²) >= 11 is 6.09. The van der Waals surface area contributed by atoms with Crippen LogP contribution < -0.4 is 5.32 Å². The Morgan fingerprint density at radius 2 is 1.68 bits per heavy atom. The van der Waals surface area contributed by atoms with E-state index in [1.54, 1.807) is 18.5 Å². The van der Waals surface area contributed by atoms with Crippen LogP contribution in [-0.4, -0.2) is 63.1 Å². The van der Waals surface area contributed by atoms with E-state index in [2.05, 4.69) is 10.3 Å². The van der Waals surface area contributed by atoms with Crippen LogP contribution in [0.5, 0.6) is 0 Å². The molecule has 3 aromatic rings. The monoisotopic (exact) mass is 535 g/mol. The van der Waals surface area contributed by atoms with Crippen molar-refractivity contribution in [2.75, 3.05) is 13.1 Å². The predicted octanol–water partition coefficient (Wildman–Crippen LogP) is 3.67. The molecule has 1 aliphatic heterocycles. The third-order valence-corrected chi connectivity index (χ3v) is 7.11. The number of likely N-dealkylation sites (tertiary alicyclic amines) is 1. The van der Waals surface area contributed by atoms with Gasteiger partial charge in [0.25, 0.3) is 0 Å². The van der Waals surface area contributed by atoms with Crippen molar-refractivity contribution in [2.45, 2.75) is 43.7 Å². The van der Waals surface area contributed by atoms with E-state index in [9.17, 15) is 24.6 Å². The van der Waals surface area contributed by atoms with Gasteiger partial charge in [-0.1, -0.05) is 48.0 Å². The molecule has 2 heterocycles. The van der Waals surface area contributed by atoms with Crippen LogP contribution in [0.15, 0.2) is 73.1 Å². The average molecular weight is 536 g/mol. The minimum atomic E-state index is -1.67. The summed E-state index contributed by atoms with van der Waals surface area (Å²) in [5, 5.41) is 22.5. The third kappa shape index (κ3) is 7.18. The first-order chi connectivity index (χ1) is 18.3. The summed E-state index contributed by atoms with van der Waals surface area (Å²) in [7, 11) is 0. The largest absolute Gasteiger partial charge is 0.479 e. The number of carbonyl (C=O) groups excluding carboxylic acids is 2. The minimum Gasteiger partial charge on any atom is -0.479 e. The fourth-order valence-electron chi connectivity index (χ4n) is 4.79. The first-order valence-electron chi connectivity index (χ1n) is 12.6. The summed E-state index contributed by atoms with van der Waals surface area (Å²) in [6.07, 6.45) is 3.33. The van der Waals surface area contributed by atoms with Gasteiger partial charge in [0.05, 0.1) is 0 Å². The zero-order chi connectivity index (χ0) is 27.1. The number of aliphatic hydroxyl groups is 1. The van der Waals surface area contributed by atoms with Gasteiger partial charge >= 0.3 is 17.8 Å². The maximum absolute atomic E-state index is 12.9. The highest BCUT2D eigenvalue weighted by Gasteiger charge is 2.30. The summed E-state index contributed by atoms with van der Waals surface area (Å²) in [4.78, 5) is 42.6. The number of aromatic nitrogens is 1. The van der Waals surface area contributed by atoms with Gasteiger partial charge in [-0.2, -0.15) is 0 Å². The fourth-order valence-corrected chi connectivity index (χ4v) is 4.98. The molecular weight excluding hydrogens is 506 g/mol. The van der Waals surface area contributed by atoms with Gasteiger partial charge in [-0.15, -0.1) is 0 Å². The molecule has 198 valence electrons. The zero-order valence-corrected chi connectivity index (χ0v) is 21.6. The molecule has 9 heteroatoms. The fraction of sp³-hybridized carbons (Fsp3) is 0.310. The lowest BCUT2D eigenvalue weighted by molar-refractivity contribution is -0.148. The molecule has 0 bridgehead atoms. The van der Waals surface area contributed by atoms with Gasteiger partial charge in [0.2, 0.25) is 0 Å². The van der Waals surface area contributed by atoms with Crippen LogP contribution in [0.1, 0.15) is 36.3 Å². The van der Waals surface area contributed by atoms with Crippen LogP contribution in [0.2, 0.25) is 5.02 Å². The number of carbonyl (C=O) groups is 3. The molecule has 0 saturated carbocycles. The van der Waals surface area contributed by atoms with Crippen molar-refractivity contribution in [3.63, 3.8) is 0 Å². The predicted molar refractivity (Wildman–Crippen MR) is 144 cm³/mol. The van der Waals surface area contributed by atoms with Crippen LogP contribution in [0.4, 0.5) is 0 Å². The Hall–Kier alpha value is -3.75. The molecule has 3 N–H and O–H groups in total. The smallest absolute Gasteiger partial charge is 0.332 e. The quantitative estimate of drug-likeness (QED) is 0.379. The number of nitrogens with one attached hydrogen (secondary N) is 1. The lowest BCUT2D eigenvalue weighted by Gasteiger charge is -2.32. The molecule has 1 aliphatic rings. The number of rotatable bonds is 8. The number of aliphatic carboxylic acids is 1. The van der Waals surface area contributed by atoms with Crippen LogP contribution in [-0.2, 0) is 20.8 Å². The molecule has 0 aliphatic carbocycles. The second-order valence-electron chi connectivity index (χ2n) is 9.52. The summed E-state index contributed by atoms with van der Waals surface area (Å²) in [5.41, 5.74) is 3.89. The highest BCUT2D eigenvalue weighted by Crippen LogP contribution is 2.27. The highest BCUT2D eigenvalue weighted by molar-refractivity contribution is 6.35. The molecule has 2 unspecified atom stereocenters. The molecule has 2 atom stereocenters. The van der Waals surface area contributed by atoms with Gasteiger partial charge in [-0.05, 0) is 71.7 Å². The van der Waals surface area contributed by atoms with E-state index in [1.807, 2.05) is 54.6 Å². The number of hydrogen-bond donors (Lipinski definition) is 3. The van der Waals surface area contributed by atoms with Gasteiger partial charge in [-0.3, -0.25) is 14.6 Å². The second-order valence-corrected chi connectivity index (χ2v) is 9.95. The van der Waals surface area contributed by atoms with Gasteiger partial charge < -0.3 is 20.4 Å². The molecule has 8 nitrogen and oxygen atoms in total. The molecule has 2 aromatic carbocycles. The van der Waals surface area contributed by atoms with Crippen molar-refractivity contribution in [3.8, 4) is 11.1 Å². The number of piperidine rings is 1. The summed E-state index contributed by atoms with van der Waals surface area (Å²) in [6.45, 7) is 0.902. The molecule has 1 saturated heterocycles. The lowest BCUT2D eigenvalue weighted by atomic mass is 9.90. The van der Waals surface area contributed by atoms with Crippen LogP contribution in [0, 0.1) is 0 Å².